The zero-order valence-corrected chi connectivity index (χ0v) is 13.1. The van der Waals surface area contributed by atoms with Crippen LogP contribution in [0.15, 0.2) is 59.4 Å². The van der Waals surface area contributed by atoms with Crippen LogP contribution in [0.5, 0.6) is 0 Å². The molecular formula is C20H16N2O. The Labute approximate surface area is 134 Å². The average molecular weight is 300 g/mol. The maximum absolute atomic E-state index is 11.9. The van der Waals surface area contributed by atoms with Gasteiger partial charge in [0, 0.05) is 11.3 Å². The minimum atomic E-state index is -0.342. The van der Waals surface area contributed by atoms with E-state index in [9.17, 15) is 10.1 Å². The minimum Gasteiger partial charge on any atom is -0.325 e. The van der Waals surface area contributed by atoms with E-state index in [1.54, 1.807) is 0 Å². The van der Waals surface area contributed by atoms with Crippen LogP contribution in [0.4, 0.5) is 0 Å². The van der Waals surface area contributed by atoms with Crippen molar-refractivity contribution >= 4 is 0 Å². The molecule has 0 bridgehead atoms. The number of nitrogens with zero attached hydrogens (tertiary/aromatic N) is 1. The van der Waals surface area contributed by atoms with Crippen molar-refractivity contribution in [1.29, 1.82) is 5.26 Å². The van der Waals surface area contributed by atoms with Gasteiger partial charge < -0.3 is 4.98 Å². The second kappa shape index (κ2) is 5.94. The highest BCUT2D eigenvalue weighted by Crippen LogP contribution is 2.26. The number of rotatable bonds is 2. The molecule has 0 atom stereocenters. The lowest BCUT2D eigenvalue weighted by Crippen LogP contribution is -2.12. The molecule has 0 aliphatic carbocycles. The number of nitriles is 1. The van der Waals surface area contributed by atoms with Crippen molar-refractivity contribution in [2.75, 3.05) is 0 Å². The summed E-state index contributed by atoms with van der Waals surface area (Å²) in [6, 6.07) is 20.1. The normalized spacial score (nSPS) is 10.3. The Bertz CT molecular complexity index is 943. The van der Waals surface area contributed by atoms with E-state index in [2.05, 4.69) is 36.2 Å². The van der Waals surface area contributed by atoms with Gasteiger partial charge in [0.15, 0.2) is 0 Å². The molecule has 112 valence electrons. The summed E-state index contributed by atoms with van der Waals surface area (Å²) < 4.78 is 0. The van der Waals surface area contributed by atoms with Crippen LogP contribution in [-0.2, 0) is 0 Å². The fourth-order valence-electron chi connectivity index (χ4n) is 2.62. The van der Waals surface area contributed by atoms with Crippen molar-refractivity contribution in [3.05, 3.63) is 81.8 Å². The Morgan fingerprint density at radius 3 is 1.96 bits per heavy atom. The van der Waals surface area contributed by atoms with Gasteiger partial charge in [-0.1, -0.05) is 54.1 Å². The average Bonchev–Trinajstić information content (AvgIpc) is 2.55. The molecule has 0 amide bonds. The van der Waals surface area contributed by atoms with E-state index >= 15 is 0 Å². The molecule has 3 rings (SSSR count). The van der Waals surface area contributed by atoms with Crippen molar-refractivity contribution in [1.82, 2.24) is 4.98 Å². The lowest BCUT2D eigenvalue weighted by Gasteiger charge is -2.07. The van der Waals surface area contributed by atoms with Crippen LogP contribution in [0.2, 0.25) is 0 Å². The zero-order chi connectivity index (χ0) is 16.4. The first-order valence-corrected chi connectivity index (χ1v) is 7.40. The fourth-order valence-corrected chi connectivity index (χ4v) is 2.62. The second-order valence-corrected chi connectivity index (χ2v) is 5.63. The summed E-state index contributed by atoms with van der Waals surface area (Å²) >= 11 is 0. The summed E-state index contributed by atoms with van der Waals surface area (Å²) in [4.78, 5) is 14.6. The topological polar surface area (TPSA) is 56.6 Å². The lowest BCUT2D eigenvalue weighted by atomic mass is 9.97. The van der Waals surface area contributed by atoms with Gasteiger partial charge in [0.05, 0.1) is 0 Å². The van der Waals surface area contributed by atoms with Crippen molar-refractivity contribution < 1.29 is 0 Å². The molecule has 0 spiro atoms. The molecule has 0 saturated heterocycles. The fraction of sp³-hybridized carbons (Fsp3) is 0.100. The van der Waals surface area contributed by atoms with E-state index in [1.165, 1.54) is 5.56 Å². The van der Waals surface area contributed by atoms with Gasteiger partial charge >= 0.3 is 0 Å². The number of nitrogens with one attached hydrogen (secondary N) is 1. The summed E-state index contributed by atoms with van der Waals surface area (Å²) in [5, 5.41) is 9.24. The number of aromatic amines is 1. The highest BCUT2D eigenvalue weighted by atomic mass is 16.1. The van der Waals surface area contributed by atoms with Gasteiger partial charge in [-0.05, 0) is 36.6 Å². The third kappa shape index (κ3) is 2.93. The van der Waals surface area contributed by atoms with Crippen LogP contribution in [0.25, 0.3) is 22.3 Å². The Balaban J connectivity index is 2.05. The third-order valence-corrected chi connectivity index (χ3v) is 3.86. The van der Waals surface area contributed by atoms with E-state index in [1.807, 2.05) is 43.3 Å². The zero-order valence-electron chi connectivity index (χ0n) is 13.1. The molecule has 1 heterocycles. The van der Waals surface area contributed by atoms with Gasteiger partial charge in [-0.15, -0.1) is 0 Å². The third-order valence-electron chi connectivity index (χ3n) is 3.86. The Kier molecular flexibility index (Phi) is 3.82. The van der Waals surface area contributed by atoms with Gasteiger partial charge in [0.1, 0.15) is 11.6 Å². The Morgan fingerprint density at radius 1 is 0.870 bits per heavy atom. The number of benzene rings is 2. The van der Waals surface area contributed by atoms with Crippen molar-refractivity contribution in [3.63, 3.8) is 0 Å². The van der Waals surface area contributed by atoms with E-state index in [0.29, 0.717) is 5.56 Å². The number of aryl methyl sites for hydroxylation is 2. The van der Waals surface area contributed by atoms with E-state index < -0.39 is 0 Å². The summed E-state index contributed by atoms with van der Waals surface area (Å²) in [6.45, 7) is 3.87. The largest absolute Gasteiger partial charge is 0.325 e. The highest BCUT2D eigenvalue weighted by Gasteiger charge is 2.10. The van der Waals surface area contributed by atoms with Gasteiger partial charge in [-0.3, -0.25) is 4.79 Å². The van der Waals surface area contributed by atoms with Gasteiger partial charge in [-0.25, -0.2) is 0 Å². The van der Waals surface area contributed by atoms with E-state index in [0.717, 1.165) is 22.4 Å². The van der Waals surface area contributed by atoms with Gasteiger partial charge in [0.25, 0.3) is 5.56 Å². The SMILES string of the molecule is Cc1ccc(-c2ccc(-c3cc(C)[nH]c(=O)c3C#N)cc2)cc1. The number of aromatic nitrogens is 1. The van der Waals surface area contributed by atoms with Crippen LogP contribution in [0.1, 0.15) is 16.8 Å². The van der Waals surface area contributed by atoms with Crippen LogP contribution in [-0.4, -0.2) is 4.98 Å². The standard InChI is InChI=1S/C20H16N2O/c1-13-3-5-15(6-4-13)16-7-9-17(10-8-16)18-11-14(2)22-20(23)19(18)12-21/h3-11H,1-2H3,(H,22,23). The number of hydrogen-bond acceptors (Lipinski definition) is 2. The molecule has 0 aliphatic heterocycles. The quantitative estimate of drug-likeness (QED) is 0.771. The molecule has 3 heteroatoms. The van der Waals surface area contributed by atoms with Crippen molar-refractivity contribution in [2.45, 2.75) is 13.8 Å². The molecule has 1 N–H and O–H groups in total. The number of pyridine rings is 1. The summed E-state index contributed by atoms with van der Waals surface area (Å²) in [6.07, 6.45) is 0. The molecule has 3 nitrogen and oxygen atoms in total. The summed E-state index contributed by atoms with van der Waals surface area (Å²) in [5.74, 6) is 0. The minimum absolute atomic E-state index is 0.152. The van der Waals surface area contributed by atoms with Gasteiger partial charge in [0.2, 0.25) is 0 Å². The molecule has 1 aromatic heterocycles. The number of hydrogen-bond donors (Lipinski definition) is 1. The predicted molar refractivity (Wildman–Crippen MR) is 92.1 cm³/mol. The van der Waals surface area contributed by atoms with Crippen LogP contribution < -0.4 is 5.56 Å². The molecule has 23 heavy (non-hydrogen) atoms. The maximum Gasteiger partial charge on any atom is 0.266 e. The Hall–Kier alpha value is -3.12. The van der Waals surface area contributed by atoms with E-state index in [4.69, 9.17) is 0 Å². The van der Waals surface area contributed by atoms with Crippen molar-refractivity contribution in [3.8, 4) is 28.3 Å². The Morgan fingerprint density at radius 2 is 1.39 bits per heavy atom. The smallest absolute Gasteiger partial charge is 0.266 e. The molecule has 0 saturated carbocycles. The summed E-state index contributed by atoms with van der Waals surface area (Å²) in [5.41, 5.74) is 5.56. The number of H-pyrrole nitrogens is 1. The lowest BCUT2D eigenvalue weighted by molar-refractivity contribution is 1.13. The first-order valence-electron chi connectivity index (χ1n) is 7.40. The maximum atomic E-state index is 11.9. The molecule has 2 aromatic carbocycles. The molecular weight excluding hydrogens is 284 g/mol. The van der Waals surface area contributed by atoms with Gasteiger partial charge in [-0.2, -0.15) is 5.26 Å². The molecule has 3 aromatic rings. The molecule has 0 radical (unpaired) electrons. The first kappa shape index (κ1) is 14.8. The monoisotopic (exact) mass is 300 g/mol. The first-order chi connectivity index (χ1) is 11.1. The van der Waals surface area contributed by atoms with E-state index in [-0.39, 0.29) is 11.1 Å². The molecule has 0 fully saturated rings. The summed E-state index contributed by atoms with van der Waals surface area (Å²) in [7, 11) is 0. The van der Waals surface area contributed by atoms with Crippen LogP contribution >= 0.6 is 0 Å². The molecule has 0 unspecified atom stereocenters. The second-order valence-electron chi connectivity index (χ2n) is 5.63. The molecule has 0 aliphatic rings. The van der Waals surface area contributed by atoms with Crippen LogP contribution in [0.3, 0.4) is 0 Å². The van der Waals surface area contributed by atoms with Crippen molar-refractivity contribution in [2.24, 2.45) is 0 Å². The predicted octanol–water partition coefficient (Wildman–Crippen LogP) is 4.20. The highest BCUT2D eigenvalue weighted by molar-refractivity contribution is 5.74. The van der Waals surface area contributed by atoms with Crippen LogP contribution in [0, 0.1) is 25.2 Å².